The SMILES string of the molecule is CC.CCC1(C)C=CC2=C(C=C1)OC(C)(C)CC2. The Balaban J connectivity index is 0.000000771. The van der Waals surface area contributed by atoms with Gasteiger partial charge in [0.1, 0.15) is 11.4 Å². The van der Waals surface area contributed by atoms with Crippen LogP contribution in [0, 0.1) is 5.41 Å². The van der Waals surface area contributed by atoms with Gasteiger partial charge < -0.3 is 4.74 Å². The van der Waals surface area contributed by atoms with Crippen LogP contribution in [0.2, 0.25) is 0 Å². The molecule has 1 nitrogen and oxygen atoms in total. The van der Waals surface area contributed by atoms with Crippen LogP contribution in [0.25, 0.3) is 0 Å². The lowest BCUT2D eigenvalue weighted by Gasteiger charge is -2.32. The molecule has 102 valence electrons. The summed E-state index contributed by atoms with van der Waals surface area (Å²) >= 11 is 0. The number of ether oxygens (including phenoxy) is 1. The van der Waals surface area contributed by atoms with E-state index in [4.69, 9.17) is 4.74 Å². The van der Waals surface area contributed by atoms with Crippen LogP contribution in [-0.2, 0) is 4.74 Å². The summed E-state index contributed by atoms with van der Waals surface area (Å²) < 4.78 is 6.04. The highest BCUT2D eigenvalue weighted by Gasteiger charge is 2.28. The topological polar surface area (TPSA) is 9.23 Å². The largest absolute Gasteiger partial charge is 0.488 e. The van der Waals surface area contributed by atoms with Crippen molar-refractivity contribution >= 4 is 0 Å². The molecule has 0 radical (unpaired) electrons. The van der Waals surface area contributed by atoms with Gasteiger partial charge in [0.05, 0.1) is 0 Å². The molecule has 0 aromatic rings. The number of hydrogen-bond acceptors (Lipinski definition) is 1. The lowest BCUT2D eigenvalue weighted by Crippen LogP contribution is -2.27. The normalized spacial score (nSPS) is 28.8. The fraction of sp³-hybridized carbons (Fsp3) is 0.647. The van der Waals surface area contributed by atoms with Crippen LogP contribution in [0.3, 0.4) is 0 Å². The molecule has 0 amide bonds. The van der Waals surface area contributed by atoms with Crippen molar-refractivity contribution in [2.45, 2.75) is 66.4 Å². The molecule has 0 saturated carbocycles. The van der Waals surface area contributed by atoms with Crippen molar-refractivity contribution in [2.24, 2.45) is 5.41 Å². The molecular formula is C17H28O. The molecule has 0 saturated heterocycles. The molecule has 1 aliphatic heterocycles. The van der Waals surface area contributed by atoms with E-state index < -0.39 is 0 Å². The van der Waals surface area contributed by atoms with E-state index >= 15 is 0 Å². The van der Waals surface area contributed by atoms with Crippen molar-refractivity contribution in [3.05, 3.63) is 35.6 Å². The Morgan fingerprint density at radius 1 is 1.11 bits per heavy atom. The first-order valence-electron chi connectivity index (χ1n) is 7.25. The smallest absolute Gasteiger partial charge is 0.123 e. The van der Waals surface area contributed by atoms with Gasteiger partial charge in [-0.25, -0.2) is 0 Å². The Kier molecular flexibility index (Phi) is 4.84. The molecule has 0 aromatic carbocycles. The van der Waals surface area contributed by atoms with E-state index in [-0.39, 0.29) is 11.0 Å². The minimum Gasteiger partial charge on any atom is -0.488 e. The van der Waals surface area contributed by atoms with Crippen molar-refractivity contribution < 1.29 is 4.74 Å². The zero-order valence-corrected chi connectivity index (χ0v) is 12.8. The van der Waals surface area contributed by atoms with Crippen molar-refractivity contribution in [3.8, 4) is 0 Å². The first kappa shape index (κ1) is 15.1. The van der Waals surface area contributed by atoms with Crippen LogP contribution in [-0.4, -0.2) is 5.60 Å². The maximum Gasteiger partial charge on any atom is 0.123 e. The van der Waals surface area contributed by atoms with E-state index in [1.54, 1.807) is 0 Å². The molecule has 1 unspecified atom stereocenters. The average Bonchev–Trinajstić information content (AvgIpc) is 2.52. The molecule has 18 heavy (non-hydrogen) atoms. The van der Waals surface area contributed by atoms with Crippen molar-refractivity contribution in [1.82, 2.24) is 0 Å². The van der Waals surface area contributed by atoms with Gasteiger partial charge in [-0.15, -0.1) is 0 Å². The van der Waals surface area contributed by atoms with Crippen molar-refractivity contribution in [2.75, 3.05) is 0 Å². The molecule has 1 aliphatic carbocycles. The van der Waals surface area contributed by atoms with Crippen LogP contribution in [0.4, 0.5) is 0 Å². The summed E-state index contributed by atoms with van der Waals surface area (Å²) in [6, 6.07) is 0. The summed E-state index contributed by atoms with van der Waals surface area (Å²) in [5.74, 6) is 1.07. The van der Waals surface area contributed by atoms with Gasteiger partial charge in [0.25, 0.3) is 0 Å². The van der Waals surface area contributed by atoms with Gasteiger partial charge in [0, 0.05) is 5.41 Å². The van der Waals surface area contributed by atoms with Crippen molar-refractivity contribution in [3.63, 3.8) is 0 Å². The van der Waals surface area contributed by atoms with E-state index in [0.29, 0.717) is 0 Å². The number of hydrogen-bond donors (Lipinski definition) is 0. The molecule has 0 spiro atoms. The molecule has 1 heterocycles. The van der Waals surface area contributed by atoms with Gasteiger partial charge in [-0.2, -0.15) is 0 Å². The van der Waals surface area contributed by atoms with E-state index in [0.717, 1.165) is 25.0 Å². The lowest BCUT2D eigenvalue weighted by atomic mass is 9.87. The van der Waals surface area contributed by atoms with Crippen LogP contribution in [0.1, 0.15) is 60.8 Å². The second kappa shape index (κ2) is 5.77. The zero-order valence-electron chi connectivity index (χ0n) is 12.8. The number of rotatable bonds is 1. The summed E-state index contributed by atoms with van der Waals surface area (Å²) in [5, 5.41) is 0. The monoisotopic (exact) mass is 248 g/mol. The fourth-order valence-corrected chi connectivity index (χ4v) is 2.13. The van der Waals surface area contributed by atoms with Crippen LogP contribution in [0.15, 0.2) is 35.6 Å². The zero-order chi connectivity index (χ0) is 13.8. The quantitative estimate of drug-likeness (QED) is 0.604. The highest BCUT2D eigenvalue weighted by Crippen LogP contribution is 2.37. The molecule has 0 aromatic heterocycles. The van der Waals surface area contributed by atoms with E-state index in [1.807, 2.05) is 13.8 Å². The van der Waals surface area contributed by atoms with Crippen LogP contribution in [0.5, 0.6) is 0 Å². The first-order valence-corrected chi connectivity index (χ1v) is 7.25. The van der Waals surface area contributed by atoms with Gasteiger partial charge in [-0.05, 0) is 44.8 Å². The fourth-order valence-electron chi connectivity index (χ4n) is 2.13. The predicted octanol–water partition coefficient (Wildman–Crippen LogP) is 5.40. The number of allylic oxidation sites excluding steroid dienone is 5. The maximum absolute atomic E-state index is 6.04. The van der Waals surface area contributed by atoms with Gasteiger partial charge >= 0.3 is 0 Å². The third kappa shape index (κ3) is 3.51. The lowest BCUT2D eigenvalue weighted by molar-refractivity contribution is 0.0211. The summed E-state index contributed by atoms with van der Waals surface area (Å²) in [7, 11) is 0. The molecule has 0 N–H and O–H groups in total. The predicted molar refractivity (Wildman–Crippen MR) is 79.5 cm³/mol. The second-order valence-corrected chi connectivity index (χ2v) is 5.78. The first-order chi connectivity index (χ1) is 8.44. The third-order valence-corrected chi connectivity index (χ3v) is 3.74. The van der Waals surface area contributed by atoms with Gasteiger partial charge in [0.2, 0.25) is 0 Å². The summed E-state index contributed by atoms with van der Waals surface area (Å²) in [4.78, 5) is 0. The Bertz CT molecular complexity index is 371. The van der Waals surface area contributed by atoms with Crippen LogP contribution >= 0.6 is 0 Å². The molecular weight excluding hydrogens is 220 g/mol. The van der Waals surface area contributed by atoms with Gasteiger partial charge in [0.15, 0.2) is 0 Å². The van der Waals surface area contributed by atoms with E-state index in [9.17, 15) is 0 Å². The molecule has 2 rings (SSSR count). The van der Waals surface area contributed by atoms with Gasteiger partial charge in [-0.3, -0.25) is 0 Å². The van der Waals surface area contributed by atoms with Crippen molar-refractivity contribution in [1.29, 1.82) is 0 Å². The van der Waals surface area contributed by atoms with Crippen LogP contribution < -0.4 is 0 Å². The minimum absolute atomic E-state index is 0.00995. The minimum atomic E-state index is -0.00995. The molecule has 0 fully saturated rings. The molecule has 0 bridgehead atoms. The highest BCUT2D eigenvalue weighted by atomic mass is 16.5. The van der Waals surface area contributed by atoms with Gasteiger partial charge in [-0.1, -0.05) is 45.9 Å². The molecule has 1 heteroatoms. The molecule has 1 atom stereocenters. The van der Waals surface area contributed by atoms with E-state index in [2.05, 4.69) is 52.0 Å². The Morgan fingerprint density at radius 3 is 2.33 bits per heavy atom. The van der Waals surface area contributed by atoms with E-state index in [1.165, 1.54) is 5.57 Å². The second-order valence-electron chi connectivity index (χ2n) is 5.78. The Morgan fingerprint density at radius 2 is 1.72 bits per heavy atom. The Hall–Kier alpha value is -0.980. The third-order valence-electron chi connectivity index (χ3n) is 3.74. The summed E-state index contributed by atoms with van der Waals surface area (Å²) in [5.41, 5.74) is 1.53. The standard InChI is InChI=1S/C15H22O.C2H6/c1-5-15(4)10-7-12-6-9-14(2,3)16-13(12)8-11-15;1-2/h7-8,10-11H,5-6,9H2,1-4H3;1-2H3. The molecule has 2 aliphatic rings. The summed E-state index contributed by atoms with van der Waals surface area (Å²) in [6.45, 7) is 12.8. The average molecular weight is 248 g/mol. The highest BCUT2D eigenvalue weighted by molar-refractivity contribution is 5.37. The Labute approximate surface area is 113 Å². The maximum atomic E-state index is 6.04. The summed E-state index contributed by atoms with van der Waals surface area (Å²) in [6.07, 6.45) is 12.4.